The molecular formula is C15H17N3OS2. The van der Waals surface area contributed by atoms with Crippen molar-refractivity contribution in [2.24, 2.45) is 5.73 Å². The second-order valence-corrected chi connectivity index (χ2v) is 6.20. The van der Waals surface area contributed by atoms with Gasteiger partial charge in [-0.15, -0.1) is 11.3 Å². The molecule has 1 amide bonds. The van der Waals surface area contributed by atoms with Gasteiger partial charge in [-0.05, 0) is 12.5 Å². The quantitative estimate of drug-likeness (QED) is 0.799. The Balaban J connectivity index is 1.77. The third kappa shape index (κ3) is 4.91. The number of rotatable bonds is 6. The Morgan fingerprint density at radius 2 is 2.10 bits per heavy atom. The van der Waals surface area contributed by atoms with E-state index in [0.29, 0.717) is 18.0 Å². The van der Waals surface area contributed by atoms with Gasteiger partial charge in [-0.3, -0.25) is 4.79 Å². The molecular weight excluding hydrogens is 302 g/mol. The maximum Gasteiger partial charge on any atom is 0.224 e. The maximum absolute atomic E-state index is 11.8. The molecule has 21 heavy (non-hydrogen) atoms. The molecule has 2 aromatic rings. The number of nitrogens with zero attached hydrogens (tertiary/aromatic N) is 1. The van der Waals surface area contributed by atoms with Crippen molar-refractivity contribution in [1.82, 2.24) is 10.3 Å². The van der Waals surface area contributed by atoms with Crippen LogP contribution in [0, 0.1) is 6.92 Å². The molecule has 0 atom stereocenters. The first-order valence-corrected chi connectivity index (χ1v) is 7.90. The first-order valence-electron chi connectivity index (χ1n) is 6.61. The minimum absolute atomic E-state index is 0.00465. The van der Waals surface area contributed by atoms with E-state index >= 15 is 0 Å². The predicted octanol–water partition coefficient (Wildman–Crippen LogP) is 1.99. The molecule has 0 aliphatic carbocycles. The fourth-order valence-corrected chi connectivity index (χ4v) is 2.67. The van der Waals surface area contributed by atoms with Crippen molar-refractivity contribution in [2.45, 2.75) is 19.8 Å². The van der Waals surface area contributed by atoms with Gasteiger partial charge in [-0.1, -0.05) is 36.5 Å². The van der Waals surface area contributed by atoms with E-state index in [1.54, 1.807) is 11.3 Å². The fourth-order valence-electron chi connectivity index (χ4n) is 1.89. The summed E-state index contributed by atoms with van der Waals surface area (Å²) in [7, 11) is 0. The molecule has 0 radical (unpaired) electrons. The zero-order chi connectivity index (χ0) is 15.2. The molecule has 0 bridgehead atoms. The average molecular weight is 319 g/mol. The summed E-state index contributed by atoms with van der Waals surface area (Å²) in [6.45, 7) is 2.58. The van der Waals surface area contributed by atoms with Crippen molar-refractivity contribution in [3.63, 3.8) is 0 Å². The standard InChI is InChI=1S/C15H17N3OS2/c1-10-18-13(9-21-10)6-7-17-14(19)8-11-2-4-12(5-3-11)15(16)20/h2-5,9H,6-8H2,1H3,(H2,16,20)(H,17,19). The smallest absolute Gasteiger partial charge is 0.224 e. The Hall–Kier alpha value is -1.79. The molecule has 0 fully saturated rings. The Bertz CT molecular complexity index is 635. The first kappa shape index (κ1) is 15.6. The summed E-state index contributed by atoms with van der Waals surface area (Å²) in [6, 6.07) is 7.42. The van der Waals surface area contributed by atoms with E-state index in [4.69, 9.17) is 18.0 Å². The van der Waals surface area contributed by atoms with E-state index in [1.807, 2.05) is 36.6 Å². The van der Waals surface area contributed by atoms with E-state index in [2.05, 4.69) is 10.3 Å². The molecule has 4 nitrogen and oxygen atoms in total. The molecule has 1 aromatic heterocycles. The Morgan fingerprint density at radius 1 is 1.38 bits per heavy atom. The number of nitrogens with one attached hydrogen (secondary N) is 1. The summed E-state index contributed by atoms with van der Waals surface area (Å²) < 4.78 is 0. The molecule has 2 rings (SSSR count). The highest BCUT2D eigenvalue weighted by Gasteiger charge is 2.05. The van der Waals surface area contributed by atoms with Gasteiger partial charge in [0.1, 0.15) is 4.99 Å². The number of aromatic nitrogens is 1. The number of thiazole rings is 1. The Morgan fingerprint density at radius 3 is 2.67 bits per heavy atom. The van der Waals surface area contributed by atoms with Crippen molar-refractivity contribution >= 4 is 34.5 Å². The second-order valence-electron chi connectivity index (χ2n) is 4.70. The van der Waals surface area contributed by atoms with Crippen LogP contribution >= 0.6 is 23.6 Å². The van der Waals surface area contributed by atoms with Crippen molar-refractivity contribution in [3.05, 3.63) is 51.5 Å². The number of benzene rings is 1. The minimum atomic E-state index is 0.00465. The predicted molar refractivity (Wildman–Crippen MR) is 89.6 cm³/mol. The van der Waals surface area contributed by atoms with Crippen LogP contribution in [-0.4, -0.2) is 22.4 Å². The second kappa shape index (κ2) is 7.28. The molecule has 110 valence electrons. The number of nitrogens with two attached hydrogens (primary N) is 1. The SMILES string of the molecule is Cc1nc(CCNC(=O)Cc2ccc(C(N)=S)cc2)cs1. The molecule has 0 aliphatic rings. The van der Waals surface area contributed by atoms with Gasteiger partial charge in [0.15, 0.2) is 0 Å². The van der Waals surface area contributed by atoms with Gasteiger partial charge in [-0.2, -0.15) is 0 Å². The fraction of sp³-hybridized carbons (Fsp3) is 0.267. The van der Waals surface area contributed by atoms with E-state index in [0.717, 1.165) is 28.2 Å². The molecule has 0 spiro atoms. The van der Waals surface area contributed by atoms with Gasteiger partial charge in [0.2, 0.25) is 5.91 Å². The van der Waals surface area contributed by atoms with Crippen LogP contribution < -0.4 is 11.1 Å². The largest absolute Gasteiger partial charge is 0.389 e. The summed E-state index contributed by atoms with van der Waals surface area (Å²) in [4.78, 5) is 16.6. The summed E-state index contributed by atoms with van der Waals surface area (Å²) in [5.41, 5.74) is 8.32. The number of aryl methyl sites for hydroxylation is 1. The van der Waals surface area contributed by atoms with Crippen LogP contribution in [0.3, 0.4) is 0 Å². The van der Waals surface area contributed by atoms with Crippen LogP contribution in [0.15, 0.2) is 29.6 Å². The molecule has 1 heterocycles. The van der Waals surface area contributed by atoms with E-state index in [9.17, 15) is 4.79 Å². The van der Waals surface area contributed by atoms with E-state index in [1.165, 1.54) is 0 Å². The zero-order valence-electron chi connectivity index (χ0n) is 11.8. The summed E-state index contributed by atoms with van der Waals surface area (Å²) in [5, 5.41) is 5.98. The number of carbonyl (C=O) groups excluding carboxylic acids is 1. The summed E-state index contributed by atoms with van der Waals surface area (Å²) in [6.07, 6.45) is 1.12. The van der Waals surface area contributed by atoms with Crippen LogP contribution in [0.25, 0.3) is 0 Å². The number of carbonyl (C=O) groups is 1. The van der Waals surface area contributed by atoms with Gasteiger partial charge < -0.3 is 11.1 Å². The van der Waals surface area contributed by atoms with Gasteiger partial charge in [0, 0.05) is 23.9 Å². The van der Waals surface area contributed by atoms with Crippen molar-refractivity contribution < 1.29 is 4.79 Å². The topological polar surface area (TPSA) is 68.0 Å². The first-order chi connectivity index (χ1) is 10.0. The van der Waals surface area contributed by atoms with Gasteiger partial charge in [-0.25, -0.2) is 4.98 Å². The lowest BCUT2D eigenvalue weighted by atomic mass is 10.1. The molecule has 0 saturated carbocycles. The lowest BCUT2D eigenvalue weighted by molar-refractivity contribution is -0.120. The summed E-state index contributed by atoms with van der Waals surface area (Å²) in [5.74, 6) is 0.00465. The molecule has 0 saturated heterocycles. The number of hydrogen-bond acceptors (Lipinski definition) is 4. The highest BCUT2D eigenvalue weighted by Crippen LogP contribution is 2.08. The minimum Gasteiger partial charge on any atom is -0.389 e. The highest BCUT2D eigenvalue weighted by atomic mass is 32.1. The average Bonchev–Trinajstić information content (AvgIpc) is 2.85. The third-order valence-corrected chi connectivity index (χ3v) is 4.03. The van der Waals surface area contributed by atoms with Gasteiger partial charge >= 0.3 is 0 Å². The monoisotopic (exact) mass is 319 g/mol. The number of thiocarbonyl (C=S) groups is 1. The van der Waals surface area contributed by atoms with Gasteiger partial charge in [0.05, 0.1) is 17.1 Å². The van der Waals surface area contributed by atoms with E-state index in [-0.39, 0.29) is 5.91 Å². The van der Waals surface area contributed by atoms with Crippen molar-refractivity contribution in [2.75, 3.05) is 6.54 Å². The maximum atomic E-state index is 11.8. The lowest BCUT2D eigenvalue weighted by Crippen LogP contribution is -2.27. The molecule has 0 aliphatic heterocycles. The van der Waals surface area contributed by atoms with Crippen molar-refractivity contribution in [3.8, 4) is 0 Å². The van der Waals surface area contributed by atoms with Crippen molar-refractivity contribution in [1.29, 1.82) is 0 Å². The number of amides is 1. The van der Waals surface area contributed by atoms with Gasteiger partial charge in [0.25, 0.3) is 0 Å². The zero-order valence-corrected chi connectivity index (χ0v) is 13.4. The van der Waals surface area contributed by atoms with Crippen LogP contribution in [-0.2, 0) is 17.6 Å². The third-order valence-electron chi connectivity index (χ3n) is 2.97. The van der Waals surface area contributed by atoms with Crippen LogP contribution in [0.5, 0.6) is 0 Å². The normalized spacial score (nSPS) is 10.3. The Kier molecular flexibility index (Phi) is 5.41. The molecule has 3 N–H and O–H groups in total. The Labute approximate surface area is 133 Å². The number of hydrogen-bond donors (Lipinski definition) is 2. The van der Waals surface area contributed by atoms with Crippen LogP contribution in [0.2, 0.25) is 0 Å². The summed E-state index contributed by atoms with van der Waals surface area (Å²) >= 11 is 6.52. The van der Waals surface area contributed by atoms with E-state index < -0.39 is 0 Å². The van der Waals surface area contributed by atoms with Crippen LogP contribution in [0.1, 0.15) is 21.8 Å². The highest BCUT2D eigenvalue weighted by molar-refractivity contribution is 7.80. The molecule has 0 unspecified atom stereocenters. The molecule has 6 heteroatoms. The van der Waals surface area contributed by atoms with Crippen LogP contribution in [0.4, 0.5) is 0 Å². The lowest BCUT2D eigenvalue weighted by Gasteiger charge is -2.05. The molecule has 1 aromatic carbocycles.